The highest BCUT2D eigenvalue weighted by atomic mass is 32.2. The fourth-order valence-corrected chi connectivity index (χ4v) is 4.78. The minimum Gasteiger partial charge on any atom is -0.362 e. The predicted molar refractivity (Wildman–Crippen MR) is 111 cm³/mol. The highest BCUT2D eigenvalue weighted by molar-refractivity contribution is 7.90. The number of amidine groups is 1. The van der Waals surface area contributed by atoms with Crippen LogP contribution in [0.4, 0.5) is 5.69 Å². The van der Waals surface area contributed by atoms with Crippen molar-refractivity contribution in [1.82, 2.24) is 9.88 Å². The Morgan fingerprint density at radius 3 is 2.89 bits per heavy atom. The molecule has 2 heterocycles. The molecule has 2 aromatic rings. The summed E-state index contributed by atoms with van der Waals surface area (Å²) in [5.74, 6) is 0.348. The number of rotatable bonds is 5. The first-order chi connectivity index (χ1) is 13.3. The van der Waals surface area contributed by atoms with Crippen molar-refractivity contribution in [2.24, 2.45) is 4.40 Å². The summed E-state index contributed by atoms with van der Waals surface area (Å²) in [6.07, 6.45) is 3.84. The van der Waals surface area contributed by atoms with E-state index in [0.717, 1.165) is 30.8 Å². The Morgan fingerprint density at radius 2 is 2.14 bits per heavy atom. The van der Waals surface area contributed by atoms with Gasteiger partial charge in [-0.15, -0.1) is 15.7 Å². The maximum atomic E-state index is 12.8. The third kappa shape index (κ3) is 5.39. The van der Waals surface area contributed by atoms with Crippen LogP contribution >= 0.6 is 11.3 Å². The summed E-state index contributed by atoms with van der Waals surface area (Å²) in [6.45, 7) is 2.69. The van der Waals surface area contributed by atoms with Gasteiger partial charge in [0, 0.05) is 31.1 Å². The molecule has 150 valence electrons. The Kier molecular flexibility index (Phi) is 6.46. The lowest BCUT2D eigenvalue weighted by atomic mass is 10.2. The molecule has 1 amide bonds. The first kappa shape index (κ1) is 20.5. The second-order valence-corrected chi connectivity index (χ2v) is 9.49. The molecule has 0 radical (unpaired) electrons. The molecule has 0 spiro atoms. The summed E-state index contributed by atoms with van der Waals surface area (Å²) in [6, 6.07) is 6.20. The van der Waals surface area contributed by atoms with E-state index in [1.54, 1.807) is 12.1 Å². The number of thiazole rings is 1. The van der Waals surface area contributed by atoms with Crippen LogP contribution in [-0.4, -0.2) is 43.6 Å². The molecule has 28 heavy (non-hydrogen) atoms. The maximum absolute atomic E-state index is 12.8. The van der Waals surface area contributed by atoms with Gasteiger partial charge in [-0.1, -0.05) is 12.5 Å². The van der Waals surface area contributed by atoms with E-state index in [-0.39, 0.29) is 17.2 Å². The number of anilines is 1. The molecule has 1 aromatic carbocycles. The summed E-state index contributed by atoms with van der Waals surface area (Å²) < 4.78 is 29.6. The summed E-state index contributed by atoms with van der Waals surface area (Å²) >= 11 is 1.49. The van der Waals surface area contributed by atoms with Crippen molar-refractivity contribution < 1.29 is 13.2 Å². The molecule has 9 heteroatoms. The number of carbonyl (C=O) groups is 1. The molecule has 1 aliphatic heterocycles. The van der Waals surface area contributed by atoms with Crippen LogP contribution in [0.3, 0.4) is 0 Å². The number of nitrogens with one attached hydrogen (secondary N) is 1. The van der Waals surface area contributed by atoms with E-state index >= 15 is 0 Å². The van der Waals surface area contributed by atoms with E-state index in [4.69, 9.17) is 0 Å². The van der Waals surface area contributed by atoms with Crippen LogP contribution in [0.2, 0.25) is 0 Å². The quantitative estimate of drug-likeness (QED) is 0.802. The summed E-state index contributed by atoms with van der Waals surface area (Å²) in [5.41, 5.74) is 1.12. The zero-order valence-electron chi connectivity index (χ0n) is 16.0. The topological polar surface area (TPSA) is 91.7 Å². The fraction of sp³-hybridized carbons (Fsp3) is 0.421. The lowest BCUT2D eigenvalue weighted by molar-refractivity contribution is -0.115. The van der Waals surface area contributed by atoms with Crippen molar-refractivity contribution in [2.45, 2.75) is 43.9 Å². The van der Waals surface area contributed by atoms with Crippen LogP contribution in [0.5, 0.6) is 0 Å². The normalized spacial score (nSPS) is 16.8. The zero-order chi connectivity index (χ0) is 20.1. The number of hydrogen-bond acceptors (Lipinski definition) is 5. The van der Waals surface area contributed by atoms with Gasteiger partial charge in [0.25, 0.3) is 10.0 Å². The first-order valence-electron chi connectivity index (χ1n) is 9.19. The zero-order valence-corrected chi connectivity index (χ0v) is 17.6. The Labute approximate surface area is 169 Å². The molecule has 1 saturated heterocycles. The molecule has 7 nitrogen and oxygen atoms in total. The smallest absolute Gasteiger partial charge is 0.284 e. The number of aryl methyl sites for hydroxylation is 1. The molecular formula is C19H24N4O3S2. The molecule has 0 unspecified atom stereocenters. The average Bonchev–Trinajstić information content (AvgIpc) is 2.94. The number of likely N-dealkylation sites (tertiary alicyclic amines) is 1. The third-order valence-electron chi connectivity index (χ3n) is 4.48. The number of nitrogens with zero attached hydrogens (tertiary/aromatic N) is 3. The van der Waals surface area contributed by atoms with E-state index in [1.807, 2.05) is 24.3 Å². The Morgan fingerprint density at radius 1 is 1.32 bits per heavy atom. The third-order valence-corrected chi connectivity index (χ3v) is 6.61. The first-order valence-corrected chi connectivity index (χ1v) is 11.5. The summed E-state index contributed by atoms with van der Waals surface area (Å²) in [7, 11) is -1.97. The van der Waals surface area contributed by atoms with Gasteiger partial charge in [0.2, 0.25) is 5.91 Å². The monoisotopic (exact) mass is 420 g/mol. The predicted octanol–water partition coefficient (Wildman–Crippen LogP) is 3.23. The van der Waals surface area contributed by atoms with Crippen LogP contribution in [0.15, 0.2) is 38.9 Å². The largest absolute Gasteiger partial charge is 0.362 e. The van der Waals surface area contributed by atoms with Crippen molar-refractivity contribution in [3.05, 3.63) is 40.3 Å². The van der Waals surface area contributed by atoms with Crippen LogP contribution in [-0.2, 0) is 21.2 Å². The van der Waals surface area contributed by atoms with Crippen molar-refractivity contribution in [3.63, 3.8) is 0 Å². The van der Waals surface area contributed by atoms with Crippen LogP contribution in [0.25, 0.3) is 0 Å². The lowest BCUT2D eigenvalue weighted by Gasteiger charge is -2.17. The van der Waals surface area contributed by atoms with Crippen LogP contribution in [0, 0.1) is 6.92 Å². The second kappa shape index (κ2) is 8.83. The van der Waals surface area contributed by atoms with Gasteiger partial charge in [-0.25, -0.2) is 4.98 Å². The second-order valence-electron chi connectivity index (χ2n) is 6.83. The van der Waals surface area contributed by atoms with Gasteiger partial charge >= 0.3 is 0 Å². The molecule has 1 aromatic heterocycles. The molecular weight excluding hydrogens is 396 g/mol. The van der Waals surface area contributed by atoms with Gasteiger partial charge < -0.3 is 10.2 Å². The van der Waals surface area contributed by atoms with Gasteiger partial charge in [0.15, 0.2) is 0 Å². The van der Waals surface area contributed by atoms with Gasteiger partial charge in [0.1, 0.15) is 5.84 Å². The summed E-state index contributed by atoms with van der Waals surface area (Å²) in [4.78, 5) is 18.5. The van der Waals surface area contributed by atoms with Gasteiger partial charge in [-0.3, -0.25) is 4.79 Å². The van der Waals surface area contributed by atoms with E-state index in [2.05, 4.69) is 14.7 Å². The Hall–Kier alpha value is -2.26. The lowest BCUT2D eigenvalue weighted by Crippen LogP contribution is -2.26. The molecule has 0 aliphatic carbocycles. The molecule has 0 bridgehead atoms. The number of aromatic nitrogens is 1. The highest BCUT2D eigenvalue weighted by Crippen LogP contribution is 2.20. The van der Waals surface area contributed by atoms with E-state index in [1.165, 1.54) is 23.5 Å². The minimum atomic E-state index is -3.84. The van der Waals surface area contributed by atoms with Crippen molar-refractivity contribution in [1.29, 1.82) is 0 Å². The van der Waals surface area contributed by atoms with E-state index < -0.39 is 10.0 Å². The van der Waals surface area contributed by atoms with Crippen molar-refractivity contribution in [2.75, 3.05) is 18.9 Å². The average molecular weight is 421 g/mol. The fourth-order valence-electron chi connectivity index (χ4n) is 3.03. The summed E-state index contributed by atoms with van der Waals surface area (Å²) in [5, 5.41) is 5.48. The minimum absolute atomic E-state index is 0.0694. The van der Waals surface area contributed by atoms with Gasteiger partial charge in [-0.05, 0) is 38.0 Å². The molecule has 0 saturated carbocycles. The molecule has 1 fully saturated rings. The molecule has 3 rings (SSSR count). The van der Waals surface area contributed by atoms with Crippen LogP contribution in [0.1, 0.15) is 36.4 Å². The van der Waals surface area contributed by atoms with Gasteiger partial charge in [-0.2, -0.15) is 8.42 Å². The van der Waals surface area contributed by atoms with Crippen molar-refractivity contribution >= 4 is 38.8 Å². The Bertz CT molecular complexity index is 983. The number of hydrogen-bond donors (Lipinski definition) is 1. The number of carbonyl (C=O) groups excluding carboxylic acids is 1. The van der Waals surface area contributed by atoms with Gasteiger partial charge in [0.05, 0.1) is 22.0 Å². The maximum Gasteiger partial charge on any atom is 0.284 e. The van der Waals surface area contributed by atoms with E-state index in [9.17, 15) is 13.2 Å². The number of sulfonamides is 1. The number of benzene rings is 1. The molecule has 1 N–H and O–H groups in total. The molecule has 1 aliphatic rings. The number of amides is 1. The highest BCUT2D eigenvalue weighted by Gasteiger charge is 2.19. The van der Waals surface area contributed by atoms with Crippen molar-refractivity contribution in [3.8, 4) is 0 Å². The standard InChI is InChI=1S/C19H24N4O3S2/c1-14-20-16(13-27-14)12-19(24)21-15-7-6-8-17(11-15)28(25,26)22-18-9-4-3-5-10-23(18)2/h6-8,11,13H,3-5,9-10,12H2,1-2H3,(H,21,24). The Balaban J connectivity index is 1.75. The SMILES string of the molecule is Cc1nc(CC(=O)Nc2cccc(S(=O)(=O)N=C3CCCCCN3C)c2)cs1. The van der Waals surface area contributed by atoms with Crippen LogP contribution < -0.4 is 5.32 Å². The molecule has 0 atom stereocenters. The van der Waals surface area contributed by atoms with E-state index in [0.29, 0.717) is 23.6 Å².